The highest BCUT2D eigenvalue weighted by molar-refractivity contribution is 5.77. The highest BCUT2D eigenvalue weighted by Crippen LogP contribution is 2.15. The smallest absolute Gasteiger partial charge is 0.326 e. The molecule has 0 radical (unpaired) electrons. The molecule has 0 aliphatic rings. The molecule has 1 atom stereocenters. The van der Waals surface area contributed by atoms with Crippen LogP contribution in [-0.4, -0.2) is 17.1 Å². The summed E-state index contributed by atoms with van der Waals surface area (Å²) in [5.74, 6) is -1.39. The van der Waals surface area contributed by atoms with Gasteiger partial charge in [0.05, 0.1) is 5.69 Å². The van der Waals surface area contributed by atoms with Gasteiger partial charge >= 0.3 is 5.97 Å². The number of anilines is 1. The van der Waals surface area contributed by atoms with Gasteiger partial charge in [0, 0.05) is 0 Å². The molecule has 3 nitrogen and oxygen atoms in total. The molecule has 1 aromatic rings. The maximum absolute atomic E-state index is 13.2. The van der Waals surface area contributed by atoms with Crippen LogP contribution in [0.25, 0.3) is 0 Å². The van der Waals surface area contributed by atoms with Crippen molar-refractivity contribution in [1.29, 1.82) is 0 Å². The number of hydrogen-bond acceptors (Lipinski definition) is 2. The van der Waals surface area contributed by atoms with Crippen molar-refractivity contribution in [2.75, 3.05) is 5.32 Å². The second kappa shape index (κ2) is 5.34. The predicted molar refractivity (Wildman–Crippen MR) is 56.4 cm³/mol. The number of nitrogens with one attached hydrogen (secondary N) is 1. The van der Waals surface area contributed by atoms with Crippen LogP contribution in [0.15, 0.2) is 24.3 Å². The number of hydrogen-bond donors (Lipinski definition) is 2. The van der Waals surface area contributed by atoms with Crippen LogP contribution in [0, 0.1) is 5.82 Å². The number of para-hydroxylation sites is 1. The number of aliphatic carboxylic acids is 1. The number of halogens is 1. The molecule has 0 amide bonds. The van der Waals surface area contributed by atoms with E-state index in [4.69, 9.17) is 5.11 Å². The van der Waals surface area contributed by atoms with Crippen molar-refractivity contribution in [3.8, 4) is 0 Å². The Bertz CT molecular complexity index is 341. The third-order valence-electron chi connectivity index (χ3n) is 2.08. The molecule has 0 saturated carbocycles. The maximum Gasteiger partial charge on any atom is 0.326 e. The third kappa shape index (κ3) is 3.23. The number of rotatable bonds is 5. The first kappa shape index (κ1) is 11.5. The lowest BCUT2D eigenvalue weighted by molar-refractivity contribution is -0.138. The zero-order valence-corrected chi connectivity index (χ0v) is 8.53. The summed E-state index contributed by atoms with van der Waals surface area (Å²) >= 11 is 0. The quantitative estimate of drug-likeness (QED) is 0.786. The van der Waals surface area contributed by atoms with Gasteiger partial charge in [0.15, 0.2) is 0 Å². The lowest BCUT2D eigenvalue weighted by atomic mass is 10.1. The first-order chi connectivity index (χ1) is 7.15. The second-order valence-corrected chi connectivity index (χ2v) is 3.30. The lowest BCUT2D eigenvalue weighted by Gasteiger charge is -2.15. The van der Waals surface area contributed by atoms with Crippen LogP contribution in [0.5, 0.6) is 0 Å². The van der Waals surface area contributed by atoms with Crippen LogP contribution < -0.4 is 5.32 Å². The highest BCUT2D eigenvalue weighted by Gasteiger charge is 2.16. The number of carboxylic acid groups (broad SMARTS) is 1. The standard InChI is InChI=1S/C11H14FNO2/c1-2-5-10(11(14)15)13-9-7-4-3-6-8(9)12/h3-4,6-7,10,13H,2,5H2,1H3,(H,14,15). The van der Waals surface area contributed by atoms with Gasteiger partial charge in [-0.15, -0.1) is 0 Å². The van der Waals surface area contributed by atoms with Gasteiger partial charge in [-0.2, -0.15) is 0 Å². The fraction of sp³-hybridized carbons (Fsp3) is 0.364. The molecule has 0 bridgehead atoms. The largest absolute Gasteiger partial charge is 0.480 e. The van der Waals surface area contributed by atoms with Crippen LogP contribution >= 0.6 is 0 Å². The summed E-state index contributed by atoms with van der Waals surface area (Å²) in [6, 6.07) is 5.33. The van der Waals surface area contributed by atoms with Crippen molar-refractivity contribution in [1.82, 2.24) is 0 Å². The molecule has 0 spiro atoms. The Morgan fingerprint density at radius 3 is 2.73 bits per heavy atom. The zero-order valence-electron chi connectivity index (χ0n) is 8.53. The van der Waals surface area contributed by atoms with Crippen molar-refractivity contribution in [3.63, 3.8) is 0 Å². The number of benzene rings is 1. The van der Waals surface area contributed by atoms with E-state index < -0.39 is 17.8 Å². The van der Waals surface area contributed by atoms with Gasteiger partial charge in [0.1, 0.15) is 11.9 Å². The first-order valence-corrected chi connectivity index (χ1v) is 4.89. The van der Waals surface area contributed by atoms with Crippen molar-refractivity contribution >= 4 is 11.7 Å². The molecular formula is C11H14FNO2. The summed E-state index contributed by atoms with van der Waals surface area (Å²) in [6.45, 7) is 1.89. The average Bonchev–Trinajstić information content (AvgIpc) is 2.20. The molecule has 0 aliphatic carbocycles. The van der Waals surface area contributed by atoms with E-state index in [1.54, 1.807) is 12.1 Å². The van der Waals surface area contributed by atoms with Gasteiger partial charge in [0.25, 0.3) is 0 Å². The minimum atomic E-state index is -0.958. The van der Waals surface area contributed by atoms with Gasteiger partial charge in [-0.05, 0) is 18.6 Å². The summed E-state index contributed by atoms with van der Waals surface area (Å²) in [5, 5.41) is 11.5. The Morgan fingerprint density at radius 1 is 1.53 bits per heavy atom. The summed E-state index contributed by atoms with van der Waals surface area (Å²) < 4.78 is 13.2. The van der Waals surface area contributed by atoms with Crippen LogP contribution in [-0.2, 0) is 4.79 Å². The topological polar surface area (TPSA) is 49.3 Å². The molecule has 0 heterocycles. The normalized spacial score (nSPS) is 12.1. The van der Waals surface area contributed by atoms with Crippen molar-refractivity contribution < 1.29 is 14.3 Å². The Kier molecular flexibility index (Phi) is 4.09. The van der Waals surface area contributed by atoms with Gasteiger partial charge in [-0.3, -0.25) is 0 Å². The number of carboxylic acids is 1. The summed E-state index contributed by atoms with van der Waals surface area (Å²) in [4.78, 5) is 10.8. The second-order valence-electron chi connectivity index (χ2n) is 3.30. The fourth-order valence-corrected chi connectivity index (χ4v) is 1.31. The zero-order chi connectivity index (χ0) is 11.3. The van der Waals surface area contributed by atoms with Gasteiger partial charge in [0.2, 0.25) is 0 Å². The SMILES string of the molecule is CCCC(Nc1ccccc1F)C(=O)O. The van der Waals surface area contributed by atoms with Gasteiger partial charge in [-0.25, -0.2) is 9.18 Å². The van der Waals surface area contributed by atoms with E-state index >= 15 is 0 Å². The molecule has 0 aliphatic heterocycles. The Balaban J connectivity index is 2.74. The van der Waals surface area contributed by atoms with Crippen molar-refractivity contribution in [3.05, 3.63) is 30.1 Å². The molecule has 2 N–H and O–H groups in total. The molecule has 0 saturated heterocycles. The van der Waals surface area contributed by atoms with E-state index in [1.165, 1.54) is 12.1 Å². The predicted octanol–water partition coefficient (Wildman–Crippen LogP) is 2.49. The molecule has 1 rings (SSSR count). The monoisotopic (exact) mass is 211 g/mol. The highest BCUT2D eigenvalue weighted by atomic mass is 19.1. The Labute approximate surface area is 87.9 Å². The molecule has 0 aromatic heterocycles. The van der Waals surface area contributed by atoms with Crippen molar-refractivity contribution in [2.45, 2.75) is 25.8 Å². The number of carbonyl (C=O) groups is 1. The van der Waals surface area contributed by atoms with E-state index in [0.717, 1.165) is 6.42 Å². The molecule has 82 valence electrons. The minimum absolute atomic E-state index is 0.235. The van der Waals surface area contributed by atoms with E-state index in [2.05, 4.69) is 5.32 Å². The van der Waals surface area contributed by atoms with Gasteiger partial charge < -0.3 is 10.4 Å². The summed E-state index contributed by atoms with van der Waals surface area (Å²) in [7, 11) is 0. The molecule has 4 heteroatoms. The van der Waals surface area contributed by atoms with E-state index in [0.29, 0.717) is 6.42 Å². The Morgan fingerprint density at radius 2 is 2.20 bits per heavy atom. The molecule has 1 aromatic carbocycles. The molecule has 0 fully saturated rings. The maximum atomic E-state index is 13.2. The fourth-order valence-electron chi connectivity index (χ4n) is 1.31. The van der Waals surface area contributed by atoms with Crippen LogP contribution in [0.4, 0.5) is 10.1 Å². The first-order valence-electron chi connectivity index (χ1n) is 4.89. The van der Waals surface area contributed by atoms with Crippen LogP contribution in [0.3, 0.4) is 0 Å². The third-order valence-corrected chi connectivity index (χ3v) is 2.08. The lowest BCUT2D eigenvalue weighted by Crippen LogP contribution is -2.29. The van der Waals surface area contributed by atoms with Crippen LogP contribution in [0.1, 0.15) is 19.8 Å². The van der Waals surface area contributed by atoms with Crippen LogP contribution in [0.2, 0.25) is 0 Å². The minimum Gasteiger partial charge on any atom is -0.480 e. The molecule has 15 heavy (non-hydrogen) atoms. The van der Waals surface area contributed by atoms with E-state index in [1.807, 2.05) is 6.92 Å². The average molecular weight is 211 g/mol. The summed E-state index contributed by atoms with van der Waals surface area (Å²) in [5.41, 5.74) is 0.235. The summed E-state index contributed by atoms with van der Waals surface area (Å²) in [6.07, 6.45) is 1.21. The van der Waals surface area contributed by atoms with E-state index in [9.17, 15) is 9.18 Å². The van der Waals surface area contributed by atoms with Gasteiger partial charge in [-0.1, -0.05) is 25.5 Å². The Hall–Kier alpha value is -1.58. The molecule has 1 unspecified atom stereocenters. The molecular weight excluding hydrogens is 197 g/mol. The van der Waals surface area contributed by atoms with E-state index in [-0.39, 0.29) is 5.69 Å². The van der Waals surface area contributed by atoms with Crippen molar-refractivity contribution in [2.24, 2.45) is 0 Å².